The number of amides is 1. The molecule has 5 rings (SSSR count). The highest BCUT2D eigenvalue weighted by Gasteiger charge is 2.46. The van der Waals surface area contributed by atoms with Gasteiger partial charge in [-0.3, -0.25) is 9.59 Å². The van der Waals surface area contributed by atoms with Crippen molar-refractivity contribution < 1.29 is 19.4 Å². The molecular formula is C32H27NO4. The molecule has 0 saturated carbocycles. The minimum absolute atomic E-state index is 0.0755. The smallest absolute Gasteiger partial charge is 0.295 e. The van der Waals surface area contributed by atoms with E-state index in [-0.39, 0.29) is 17.9 Å². The maximum Gasteiger partial charge on any atom is 0.295 e. The van der Waals surface area contributed by atoms with E-state index in [2.05, 4.69) is 0 Å². The SMILES string of the molecule is Cc1ccc(C)c(C(O)=C2C(=O)C(=O)N(Cc3ccccc3)C2c2cccc(Oc3ccccc3)c2)c1. The molecule has 4 aromatic rings. The molecule has 1 aliphatic rings. The Morgan fingerprint density at radius 1 is 0.811 bits per heavy atom. The number of Topliss-reactive ketones (excluding diaryl/α,β-unsaturated/α-hetero) is 1. The van der Waals surface area contributed by atoms with Crippen LogP contribution in [0.25, 0.3) is 5.76 Å². The number of hydrogen-bond donors (Lipinski definition) is 1. The number of aliphatic hydroxyl groups is 1. The summed E-state index contributed by atoms with van der Waals surface area (Å²) in [5.41, 5.74) is 3.94. The Morgan fingerprint density at radius 2 is 1.49 bits per heavy atom. The fraction of sp³-hybridized carbons (Fsp3) is 0.125. The summed E-state index contributed by atoms with van der Waals surface area (Å²) in [6.07, 6.45) is 0. The van der Waals surface area contributed by atoms with E-state index in [0.717, 1.165) is 16.7 Å². The number of aryl methyl sites for hydroxylation is 2. The Balaban J connectivity index is 1.64. The van der Waals surface area contributed by atoms with Crippen molar-refractivity contribution in [2.75, 3.05) is 0 Å². The fourth-order valence-electron chi connectivity index (χ4n) is 4.68. The van der Waals surface area contributed by atoms with E-state index in [4.69, 9.17) is 4.74 Å². The number of hydrogen-bond acceptors (Lipinski definition) is 4. The minimum atomic E-state index is -0.778. The fourth-order valence-corrected chi connectivity index (χ4v) is 4.68. The Labute approximate surface area is 216 Å². The lowest BCUT2D eigenvalue weighted by molar-refractivity contribution is -0.140. The molecule has 1 heterocycles. The Bertz CT molecular complexity index is 1490. The average molecular weight is 490 g/mol. The quantitative estimate of drug-likeness (QED) is 0.186. The third kappa shape index (κ3) is 4.89. The van der Waals surface area contributed by atoms with Gasteiger partial charge in [0.25, 0.3) is 11.7 Å². The van der Waals surface area contributed by atoms with Gasteiger partial charge in [0.1, 0.15) is 17.3 Å². The molecule has 1 saturated heterocycles. The summed E-state index contributed by atoms with van der Waals surface area (Å²) >= 11 is 0. The van der Waals surface area contributed by atoms with E-state index < -0.39 is 17.7 Å². The van der Waals surface area contributed by atoms with Gasteiger partial charge in [-0.1, -0.05) is 78.4 Å². The van der Waals surface area contributed by atoms with Gasteiger partial charge < -0.3 is 14.7 Å². The van der Waals surface area contributed by atoms with Gasteiger partial charge >= 0.3 is 0 Å². The van der Waals surface area contributed by atoms with Gasteiger partial charge in [-0.15, -0.1) is 0 Å². The topological polar surface area (TPSA) is 66.8 Å². The summed E-state index contributed by atoms with van der Waals surface area (Å²) in [6.45, 7) is 4.02. The van der Waals surface area contributed by atoms with Crippen LogP contribution >= 0.6 is 0 Å². The normalized spacial score (nSPS) is 16.7. The predicted molar refractivity (Wildman–Crippen MR) is 143 cm³/mol. The van der Waals surface area contributed by atoms with E-state index in [0.29, 0.717) is 22.6 Å². The summed E-state index contributed by atoms with van der Waals surface area (Å²) in [6, 6.07) is 31.1. The first-order valence-electron chi connectivity index (χ1n) is 12.1. The van der Waals surface area contributed by atoms with Crippen LogP contribution in [0.3, 0.4) is 0 Å². The zero-order valence-electron chi connectivity index (χ0n) is 20.7. The van der Waals surface area contributed by atoms with Crippen LogP contribution in [0, 0.1) is 13.8 Å². The summed E-state index contributed by atoms with van der Waals surface area (Å²) in [4.78, 5) is 28.3. The van der Waals surface area contributed by atoms with E-state index in [1.54, 1.807) is 0 Å². The Morgan fingerprint density at radius 3 is 2.22 bits per heavy atom. The first-order valence-corrected chi connectivity index (χ1v) is 12.1. The molecule has 1 fully saturated rings. The van der Waals surface area contributed by atoms with Crippen molar-refractivity contribution in [2.45, 2.75) is 26.4 Å². The van der Waals surface area contributed by atoms with Gasteiger partial charge in [0.2, 0.25) is 0 Å². The lowest BCUT2D eigenvalue weighted by Crippen LogP contribution is -2.29. The van der Waals surface area contributed by atoms with Gasteiger partial charge in [-0.05, 0) is 60.9 Å². The molecule has 0 bridgehead atoms. The number of nitrogens with zero attached hydrogens (tertiary/aromatic N) is 1. The predicted octanol–water partition coefficient (Wildman–Crippen LogP) is 6.72. The zero-order valence-corrected chi connectivity index (χ0v) is 20.7. The highest BCUT2D eigenvalue weighted by atomic mass is 16.5. The Hall–Kier alpha value is -4.64. The number of ether oxygens (including phenoxy) is 1. The number of para-hydroxylation sites is 1. The maximum atomic E-state index is 13.4. The van der Waals surface area contributed by atoms with Crippen molar-refractivity contribution in [3.63, 3.8) is 0 Å². The average Bonchev–Trinajstić information content (AvgIpc) is 3.16. The van der Waals surface area contributed by atoms with Gasteiger partial charge in [-0.2, -0.15) is 0 Å². The van der Waals surface area contributed by atoms with Crippen molar-refractivity contribution in [1.29, 1.82) is 0 Å². The van der Waals surface area contributed by atoms with Crippen LogP contribution in [0.2, 0.25) is 0 Å². The second-order valence-corrected chi connectivity index (χ2v) is 9.22. The number of carbonyl (C=O) groups is 2. The van der Waals surface area contributed by atoms with Crippen LogP contribution in [0.5, 0.6) is 11.5 Å². The number of benzene rings is 4. The molecule has 0 spiro atoms. The van der Waals surface area contributed by atoms with Crippen LogP contribution in [-0.2, 0) is 16.1 Å². The molecule has 1 aliphatic heterocycles. The van der Waals surface area contributed by atoms with Crippen molar-refractivity contribution in [3.8, 4) is 11.5 Å². The van der Waals surface area contributed by atoms with Crippen molar-refractivity contribution in [2.24, 2.45) is 0 Å². The second-order valence-electron chi connectivity index (χ2n) is 9.22. The van der Waals surface area contributed by atoms with Gasteiger partial charge in [0.05, 0.1) is 11.6 Å². The van der Waals surface area contributed by atoms with E-state index in [1.165, 1.54) is 4.90 Å². The van der Waals surface area contributed by atoms with E-state index in [1.807, 2.05) is 117 Å². The molecular weight excluding hydrogens is 462 g/mol. The molecule has 0 aromatic heterocycles. The first-order chi connectivity index (χ1) is 17.9. The monoisotopic (exact) mass is 489 g/mol. The lowest BCUT2D eigenvalue weighted by Gasteiger charge is -2.26. The molecule has 1 N–H and O–H groups in total. The number of rotatable bonds is 6. The van der Waals surface area contributed by atoms with Crippen LogP contribution in [0.1, 0.15) is 33.9 Å². The van der Waals surface area contributed by atoms with Crippen LogP contribution < -0.4 is 4.74 Å². The van der Waals surface area contributed by atoms with Crippen LogP contribution in [-0.4, -0.2) is 21.7 Å². The minimum Gasteiger partial charge on any atom is -0.507 e. The van der Waals surface area contributed by atoms with Crippen LogP contribution in [0.15, 0.2) is 109 Å². The number of aliphatic hydroxyl groups excluding tert-OH is 1. The molecule has 4 aromatic carbocycles. The summed E-state index contributed by atoms with van der Waals surface area (Å²) in [7, 11) is 0. The van der Waals surface area contributed by atoms with Crippen LogP contribution in [0.4, 0.5) is 0 Å². The summed E-state index contributed by atoms with van der Waals surface area (Å²) < 4.78 is 6.03. The molecule has 5 nitrogen and oxygen atoms in total. The largest absolute Gasteiger partial charge is 0.507 e. The first kappa shape index (κ1) is 24.1. The molecule has 0 aliphatic carbocycles. The summed E-state index contributed by atoms with van der Waals surface area (Å²) in [5.74, 6) is -0.271. The molecule has 1 atom stereocenters. The molecule has 37 heavy (non-hydrogen) atoms. The molecule has 5 heteroatoms. The highest BCUT2D eigenvalue weighted by Crippen LogP contribution is 2.42. The standard InChI is InChI=1S/C32H27NO4/c1-21-16-17-22(2)27(18-21)30(34)28-29(33(32(36)31(28)35)20-23-10-5-3-6-11-23)24-12-9-15-26(19-24)37-25-13-7-4-8-14-25/h3-19,29,34H,20H2,1-2H3. The molecule has 0 radical (unpaired) electrons. The van der Waals surface area contributed by atoms with Crippen molar-refractivity contribution in [1.82, 2.24) is 4.90 Å². The highest BCUT2D eigenvalue weighted by molar-refractivity contribution is 6.46. The molecule has 1 unspecified atom stereocenters. The van der Waals surface area contributed by atoms with Gasteiger partial charge in [0.15, 0.2) is 0 Å². The van der Waals surface area contributed by atoms with Crippen molar-refractivity contribution >= 4 is 17.4 Å². The lowest BCUT2D eigenvalue weighted by atomic mass is 9.93. The second kappa shape index (κ2) is 10.2. The molecule has 1 amide bonds. The third-order valence-electron chi connectivity index (χ3n) is 6.54. The van der Waals surface area contributed by atoms with Crippen molar-refractivity contribution in [3.05, 3.63) is 137 Å². The zero-order chi connectivity index (χ0) is 25.9. The molecule has 184 valence electrons. The number of likely N-dealkylation sites (tertiary alicyclic amines) is 1. The third-order valence-corrected chi connectivity index (χ3v) is 6.54. The Kier molecular flexibility index (Phi) is 6.60. The van der Waals surface area contributed by atoms with E-state index in [9.17, 15) is 14.7 Å². The van der Waals surface area contributed by atoms with Gasteiger partial charge in [0, 0.05) is 12.1 Å². The number of carbonyl (C=O) groups excluding carboxylic acids is 2. The number of ketones is 1. The maximum absolute atomic E-state index is 13.4. The van der Waals surface area contributed by atoms with E-state index >= 15 is 0 Å². The van der Waals surface area contributed by atoms with Gasteiger partial charge in [-0.25, -0.2) is 0 Å². The summed E-state index contributed by atoms with van der Waals surface area (Å²) in [5, 5.41) is 11.5.